The van der Waals surface area contributed by atoms with Crippen LogP contribution in [-0.2, 0) is 17.6 Å². The van der Waals surface area contributed by atoms with E-state index in [4.69, 9.17) is 4.98 Å². The molecule has 7 rings (SSSR count). The molecule has 1 heterocycles. The summed E-state index contributed by atoms with van der Waals surface area (Å²) in [5.41, 5.74) is 5.63. The third kappa shape index (κ3) is 4.21. The molecule has 0 saturated carbocycles. The second-order valence-electron chi connectivity index (χ2n) is 11.0. The number of hydrogen-bond donors (Lipinski definition) is 1. The predicted molar refractivity (Wildman–Crippen MR) is 164 cm³/mol. The second kappa shape index (κ2) is 10.3. The maximum Gasteiger partial charge on any atom is 0.134 e. The van der Waals surface area contributed by atoms with Crippen molar-refractivity contribution in [2.24, 2.45) is 0 Å². The first kappa shape index (κ1) is 25.3. The number of hydrogen-bond acceptors (Lipinski definition) is 2. The first-order valence-electron chi connectivity index (χ1n) is 14.3. The molecule has 0 amide bonds. The monoisotopic (exact) mass is 532 g/mol. The van der Waals surface area contributed by atoms with Crippen molar-refractivity contribution in [3.05, 3.63) is 197 Å². The van der Waals surface area contributed by atoms with Crippen molar-refractivity contribution in [3.63, 3.8) is 0 Å². The van der Waals surface area contributed by atoms with Crippen molar-refractivity contribution in [3.8, 4) is 0 Å². The highest BCUT2D eigenvalue weighted by Gasteiger charge is 2.46. The van der Waals surface area contributed by atoms with Crippen molar-refractivity contribution >= 4 is 0 Å². The molecule has 6 aromatic rings. The molecule has 5 aromatic carbocycles. The largest absolute Gasteiger partial charge is 0.379 e. The van der Waals surface area contributed by atoms with Crippen molar-refractivity contribution in [2.75, 3.05) is 0 Å². The van der Waals surface area contributed by atoms with E-state index in [9.17, 15) is 5.11 Å². The molecule has 0 saturated heterocycles. The Morgan fingerprint density at radius 1 is 0.659 bits per heavy atom. The van der Waals surface area contributed by atoms with E-state index in [0.29, 0.717) is 12.1 Å². The van der Waals surface area contributed by atoms with Gasteiger partial charge in [-0.25, -0.2) is 4.98 Å². The van der Waals surface area contributed by atoms with Gasteiger partial charge < -0.3 is 9.67 Å². The van der Waals surface area contributed by atoms with Gasteiger partial charge in [-0.3, -0.25) is 0 Å². The smallest absolute Gasteiger partial charge is 0.134 e. The quantitative estimate of drug-likeness (QED) is 0.214. The van der Waals surface area contributed by atoms with Crippen LogP contribution in [0.15, 0.2) is 158 Å². The average molecular weight is 533 g/mol. The molecular formula is C38H32N2O. The molecule has 200 valence electrons. The third-order valence-electron chi connectivity index (χ3n) is 8.68. The van der Waals surface area contributed by atoms with E-state index in [-0.39, 0.29) is 5.92 Å². The van der Waals surface area contributed by atoms with Gasteiger partial charge >= 0.3 is 0 Å². The third-order valence-corrected chi connectivity index (χ3v) is 8.68. The minimum Gasteiger partial charge on any atom is -0.379 e. The summed E-state index contributed by atoms with van der Waals surface area (Å²) in [4.78, 5) is 4.97. The lowest BCUT2D eigenvalue weighted by molar-refractivity contribution is 0.0728. The van der Waals surface area contributed by atoms with Crippen molar-refractivity contribution in [1.29, 1.82) is 0 Å². The molecule has 2 atom stereocenters. The summed E-state index contributed by atoms with van der Waals surface area (Å²) in [6.45, 7) is 0. The fourth-order valence-electron chi connectivity index (χ4n) is 6.83. The average Bonchev–Trinajstić information content (AvgIpc) is 3.65. The molecule has 3 heteroatoms. The maximum absolute atomic E-state index is 12.5. The highest BCUT2D eigenvalue weighted by molar-refractivity contribution is 5.52. The number of rotatable bonds is 7. The lowest BCUT2D eigenvalue weighted by atomic mass is 9.76. The lowest BCUT2D eigenvalue weighted by Crippen LogP contribution is -2.37. The van der Waals surface area contributed by atoms with Crippen molar-refractivity contribution < 1.29 is 5.11 Å². The Morgan fingerprint density at radius 2 is 1.15 bits per heavy atom. The van der Waals surface area contributed by atoms with Crippen LogP contribution in [0.5, 0.6) is 0 Å². The maximum atomic E-state index is 12.5. The second-order valence-corrected chi connectivity index (χ2v) is 11.0. The van der Waals surface area contributed by atoms with Gasteiger partial charge in [0, 0.05) is 6.20 Å². The summed E-state index contributed by atoms with van der Waals surface area (Å²) in [7, 11) is 0. The molecule has 0 spiro atoms. The molecule has 0 bridgehead atoms. The zero-order chi connectivity index (χ0) is 27.7. The zero-order valence-electron chi connectivity index (χ0n) is 22.8. The van der Waals surface area contributed by atoms with E-state index >= 15 is 0 Å². The van der Waals surface area contributed by atoms with E-state index in [1.807, 2.05) is 18.5 Å². The lowest BCUT2D eigenvalue weighted by Gasteiger charge is -2.37. The number of benzene rings is 5. The number of aromatic nitrogens is 2. The van der Waals surface area contributed by atoms with E-state index in [1.165, 1.54) is 11.1 Å². The van der Waals surface area contributed by atoms with Crippen LogP contribution in [-0.4, -0.2) is 14.7 Å². The van der Waals surface area contributed by atoms with Crippen LogP contribution >= 0.6 is 0 Å². The van der Waals surface area contributed by atoms with E-state index in [1.54, 1.807) is 0 Å². The molecule has 0 aliphatic heterocycles. The van der Waals surface area contributed by atoms with Crippen LogP contribution in [0, 0.1) is 0 Å². The molecule has 3 nitrogen and oxygen atoms in total. The summed E-state index contributed by atoms with van der Waals surface area (Å²) in [6, 6.07) is 50.6. The normalized spacial score (nSPS) is 18.2. The van der Waals surface area contributed by atoms with Gasteiger partial charge in [-0.1, -0.05) is 146 Å². The van der Waals surface area contributed by atoms with Gasteiger partial charge in [0.25, 0.3) is 0 Å². The molecule has 0 radical (unpaired) electrons. The van der Waals surface area contributed by atoms with Crippen LogP contribution in [0.3, 0.4) is 0 Å². The Bertz CT molecular complexity index is 1650. The van der Waals surface area contributed by atoms with Crippen molar-refractivity contribution in [1.82, 2.24) is 9.55 Å². The van der Waals surface area contributed by atoms with Gasteiger partial charge in [0.1, 0.15) is 11.1 Å². The number of nitrogens with zero attached hydrogens (tertiary/aromatic N) is 2. The standard InChI is InChI=1S/C38H32N2O/c41-37(26-30(25-29-15-5-1-6-16-29)34-23-13-14-24-35(34)37)36-27-40(28-39-36)38(31-17-7-2-8-18-31,32-19-9-3-10-20-32)33-21-11-4-12-22-33/h1-24,27-28,30,41H,25-26H2. The van der Waals surface area contributed by atoms with Crippen LogP contribution in [0.4, 0.5) is 0 Å². The fraction of sp³-hybridized carbons (Fsp3) is 0.132. The molecule has 41 heavy (non-hydrogen) atoms. The van der Waals surface area contributed by atoms with Gasteiger partial charge in [0.15, 0.2) is 0 Å². The van der Waals surface area contributed by atoms with E-state index in [0.717, 1.165) is 28.7 Å². The molecule has 0 fully saturated rings. The molecule has 1 aliphatic rings. The van der Waals surface area contributed by atoms with Gasteiger partial charge in [-0.15, -0.1) is 0 Å². The van der Waals surface area contributed by atoms with E-state index in [2.05, 4.69) is 144 Å². The van der Waals surface area contributed by atoms with Crippen LogP contribution < -0.4 is 0 Å². The Morgan fingerprint density at radius 3 is 1.71 bits per heavy atom. The minimum absolute atomic E-state index is 0.200. The van der Waals surface area contributed by atoms with Gasteiger partial charge in [0.05, 0.1) is 12.0 Å². The minimum atomic E-state index is -1.18. The topological polar surface area (TPSA) is 38.0 Å². The summed E-state index contributed by atoms with van der Waals surface area (Å²) in [6.07, 6.45) is 5.43. The number of fused-ring (bicyclic) bond motifs is 1. The van der Waals surface area contributed by atoms with E-state index < -0.39 is 11.1 Å². The van der Waals surface area contributed by atoms with Gasteiger partial charge in [0.2, 0.25) is 0 Å². The first-order chi connectivity index (χ1) is 20.2. The molecule has 2 unspecified atom stereocenters. The Labute approximate surface area is 241 Å². The number of imidazole rings is 1. The van der Waals surface area contributed by atoms with Gasteiger partial charge in [-0.05, 0) is 52.1 Å². The van der Waals surface area contributed by atoms with Crippen molar-refractivity contribution in [2.45, 2.75) is 29.9 Å². The Kier molecular flexibility index (Phi) is 6.37. The zero-order valence-corrected chi connectivity index (χ0v) is 22.8. The summed E-state index contributed by atoms with van der Waals surface area (Å²) >= 11 is 0. The summed E-state index contributed by atoms with van der Waals surface area (Å²) in [5, 5.41) is 12.5. The molecule has 1 aliphatic carbocycles. The highest BCUT2D eigenvalue weighted by Crippen LogP contribution is 2.50. The molecule has 1 N–H and O–H groups in total. The molecule has 1 aromatic heterocycles. The van der Waals surface area contributed by atoms with Crippen LogP contribution in [0.2, 0.25) is 0 Å². The predicted octanol–water partition coefficient (Wildman–Crippen LogP) is 7.69. The fourth-order valence-corrected chi connectivity index (χ4v) is 6.83. The SMILES string of the molecule is OC1(c2cn(C(c3ccccc3)(c3ccccc3)c3ccccc3)cn2)CC(Cc2ccccc2)c2ccccc21. The Hall–Kier alpha value is -4.73. The highest BCUT2D eigenvalue weighted by atomic mass is 16.3. The first-order valence-corrected chi connectivity index (χ1v) is 14.3. The molecular weight excluding hydrogens is 500 g/mol. The summed E-state index contributed by atoms with van der Waals surface area (Å²) in [5.74, 6) is 0.200. The number of aliphatic hydroxyl groups is 1. The summed E-state index contributed by atoms with van der Waals surface area (Å²) < 4.78 is 2.19. The van der Waals surface area contributed by atoms with Gasteiger partial charge in [-0.2, -0.15) is 0 Å². The van der Waals surface area contributed by atoms with Crippen LogP contribution in [0.1, 0.15) is 51.4 Å². The Balaban J connectivity index is 1.39. The van der Waals surface area contributed by atoms with Crippen LogP contribution in [0.25, 0.3) is 0 Å².